The van der Waals surface area contributed by atoms with Gasteiger partial charge in [-0.15, -0.1) is 0 Å². The van der Waals surface area contributed by atoms with Crippen LogP contribution in [0.25, 0.3) is 0 Å². The van der Waals surface area contributed by atoms with Gasteiger partial charge in [-0.2, -0.15) is 0 Å². The highest BCUT2D eigenvalue weighted by Crippen LogP contribution is 2.25. The molecule has 0 atom stereocenters. The van der Waals surface area contributed by atoms with Crippen LogP contribution in [0.1, 0.15) is 18.9 Å². The number of halogens is 2. The van der Waals surface area contributed by atoms with Gasteiger partial charge < -0.3 is 10.1 Å². The van der Waals surface area contributed by atoms with Crippen LogP contribution < -0.4 is 10.1 Å². The molecule has 0 radical (unpaired) electrons. The number of rotatable bonds is 6. The predicted molar refractivity (Wildman–Crippen MR) is 72.7 cm³/mol. The Morgan fingerprint density at radius 1 is 1.20 bits per heavy atom. The quantitative estimate of drug-likeness (QED) is 0.819. The van der Waals surface area contributed by atoms with Gasteiger partial charge in [0.15, 0.2) is 11.6 Å². The van der Waals surface area contributed by atoms with Gasteiger partial charge in [0.2, 0.25) is 0 Å². The van der Waals surface area contributed by atoms with Gasteiger partial charge >= 0.3 is 0 Å². The lowest BCUT2D eigenvalue weighted by molar-refractivity contribution is 0.454. The molecule has 0 saturated heterocycles. The molecule has 106 valence electrons. The predicted octanol–water partition coefficient (Wildman–Crippen LogP) is 3.65. The highest BCUT2D eigenvalue weighted by molar-refractivity contribution is 5.36. The molecule has 0 fully saturated rings. The van der Waals surface area contributed by atoms with E-state index >= 15 is 0 Å². The van der Waals surface area contributed by atoms with Gasteiger partial charge in [0, 0.05) is 30.6 Å². The molecule has 20 heavy (non-hydrogen) atoms. The zero-order valence-corrected chi connectivity index (χ0v) is 11.2. The molecule has 0 amide bonds. The molecule has 1 N–H and O–H groups in total. The van der Waals surface area contributed by atoms with Crippen LogP contribution in [0.3, 0.4) is 0 Å². The van der Waals surface area contributed by atoms with Crippen LogP contribution in [0.4, 0.5) is 8.78 Å². The van der Waals surface area contributed by atoms with E-state index in [2.05, 4.69) is 17.2 Å². The summed E-state index contributed by atoms with van der Waals surface area (Å²) in [5, 5.41) is 3.24. The van der Waals surface area contributed by atoms with Gasteiger partial charge in [0.1, 0.15) is 11.5 Å². The van der Waals surface area contributed by atoms with Gasteiger partial charge in [-0.3, -0.25) is 4.98 Å². The van der Waals surface area contributed by atoms with E-state index in [4.69, 9.17) is 4.74 Å². The molecule has 0 spiro atoms. The van der Waals surface area contributed by atoms with E-state index in [-0.39, 0.29) is 5.75 Å². The number of aromatic nitrogens is 1. The SMILES string of the molecule is CCCNCc1cnccc1Oc1ccc(F)c(F)c1. The van der Waals surface area contributed by atoms with Crippen molar-refractivity contribution in [1.29, 1.82) is 0 Å². The largest absolute Gasteiger partial charge is 0.457 e. The molecule has 0 saturated carbocycles. The molecular weight excluding hydrogens is 262 g/mol. The summed E-state index contributed by atoms with van der Waals surface area (Å²) in [6.07, 6.45) is 4.32. The molecule has 1 heterocycles. The third kappa shape index (κ3) is 3.74. The lowest BCUT2D eigenvalue weighted by atomic mass is 10.2. The lowest BCUT2D eigenvalue weighted by Gasteiger charge is -2.11. The summed E-state index contributed by atoms with van der Waals surface area (Å²) >= 11 is 0. The summed E-state index contributed by atoms with van der Waals surface area (Å²) in [5.41, 5.74) is 0.866. The van der Waals surface area contributed by atoms with Crippen molar-refractivity contribution in [3.63, 3.8) is 0 Å². The first kappa shape index (κ1) is 14.4. The van der Waals surface area contributed by atoms with Crippen molar-refractivity contribution in [2.45, 2.75) is 19.9 Å². The van der Waals surface area contributed by atoms with Crippen LogP contribution in [0.15, 0.2) is 36.7 Å². The molecule has 0 unspecified atom stereocenters. The summed E-state index contributed by atoms with van der Waals surface area (Å²) in [4.78, 5) is 4.04. The van der Waals surface area contributed by atoms with Crippen molar-refractivity contribution in [3.8, 4) is 11.5 Å². The molecule has 2 aromatic rings. The van der Waals surface area contributed by atoms with Crippen molar-refractivity contribution in [2.24, 2.45) is 0 Å². The summed E-state index contributed by atoms with van der Waals surface area (Å²) < 4.78 is 31.6. The molecule has 1 aromatic heterocycles. The smallest absolute Gasteiger partial charge is 0.162 e. The van der Waals surface area contributed by atoms with Crippen molar-refractivity contribution >= 4 is 0 Å². The second kappa shape index (κ2) is 6.96. The van der Waals surface area contributed by atoms with Gasteiger partial charge in [0.05, 0.1) is 0 Å². The summed E-state index contributed by atoms with van der Waals surface area (Å²) in [7, 11) is 0. The Labute approximate surface area is 116 Å². The number of nitrogens with zero attached hydrogens (tertiary/aromatic N) is 1. The number of ether oxygens (including phenoxy) is 1. The van der Waals surface area contributed by atoms with E-state index in [1.807, 2.05) is 0 Å². The van der Waals surface area contributed by atoms with Crippen LogP contribution in [0.5, 0.6) is 11.5 Å². The van der Waals surface area contributed by atoms with E-state index in [9.17, 15) is 8.78 Å². The first-order valence-electron chi connectivity index (χ1n) is 6.47. The molecule has 0 aliphatic carbocycles. The van der Waals surface area contributed by atoms with Crippen LogP contribution in [-0.2, 0) is 6.54 Å². The standard InChI is InChI=1S/C15H16F2N2O/c1-2-6-18-9-11-10-19-7-5-15(11)20-12-3-4-13(16)14(17)8-12/h3-5,7-8,10,18H,2,6,9H2,1H3. The highest BCUT2D eigenvalue weighted by Gasteiger charge is 2.07. The van der Waals surface area contributed by atoms with Crippen LogP contribution in [0, 0.1) is 11.6 Å². The van der Waals surface area contributed by atoms with Crippen molar-refractivity contribution in [1.82, 2.24) is 10.3 Å². The van der Waals surface area contributed by atoms with Crippen LogP contribution in [-0.4, -0.2) is 11.5 Å². The van der Waals surface area contributed by atoms with E-state index in [1.54, 1.807) is 18.5 Å². The third-order valence-corrected chi connectivity index (χ3v) is 2.72. The molecule has 3 nitrogen and oxygen atoms in total. The fourth-order valence-corrected chi connectivity index (χ4v) is 1.71. The number of hydrogen-bond donors (Lipinski definition) is 1. The first-order valence-corrected chi connectivity index (χ1v) is 6.47. The number of benzene rings is 1. The number of pyridine rings is 1. The first-order chi connectivity index (χ1) is 9.70. The Morgan fingerprint density at radius 3 is 2.80 bits per heavy atom. The second-order valence-electron chi connectivity index (χ2n) is 4.34. The summed E-state index contributed by atoms with van der Waals surface area (Å²) in [6, 6.07) is 5.16. The third-order valence-electron chi connectivity index (χ3n) is 2.72. The Bertz CT molecular complexity index is 576. The van der Waals surface area contributed by atoms with Crippen molar-refractivity contribution < 1.29 is 13.5 Å². The van der Waals surface area contributed by atoms with Crippen LogP contribution >= 0.6 is 0 Å². The minimum atomic E-state index is -0.929. The van der Waals surface area contributed by atoms with Crippen LogP contribution in [0.2, 0.25) is 0 Å². The van der Waals surface area contributed by atoms with E-state index in [0.717, 1.165) is 30.7 Å². The van der Waals surface area contributed by atoms with Gasteiger partial charge in [-0.05, 0) is 31.2 Å². The maximum Gasteiger partial charge on any atom is 0.162 e. The molecular formula is C15H16F2N2O. The molecule has 1 aromatic carbocycles. The number of nitrogens with one attached hydrogen (secondary N) is 1. The molecule has 0 aliphatic heterocycles. The van der Waals surface area contributed by atoms with Crippen molar-refractivity contribution in [3.05, 3.63) is 53.9 Å². The van der Waals surface area contributed by atoms with E-state index in [1.165, 1.54) is 6.07 Å². The molecule has 2 rings (SSSR count). The van der Waals surface area contributed by atoms with Crippen molar-refractivity contribution in [2.75, 3.05) is 6.54 Å². The minimum absolute atomic E-state index is 0.256. The van der Waals surface area contributed by atoms with Gasteiger partial charge in [0.25, 0.3) is 0 Å². The average Bonchev–Trinajstić information content (AvgIpc) is 2.45. The van der Waals surface area contributed by atoms with Gasteiger partial charge in [-0.25, -0.2) is 8.78 Å². The second-order valence-corrected chi connectivity index (χ2v) is 4.34. The minimum Gasteiger partial charge on any atom is -0.457 e. The molecule has 0 aliphatic rings. The Morgan fingerprint density at radius 2 is 2.05 bits per heavy atom. The summed E-state index contributed by atoms with van der Waals surface area (Å²) in [6.45, 7) is 3.58. The zero-order chi connectivity index (χ0) is 14.4. The van der Waals surface area contributed by atoms with E-state index < -0.39 is 11.6 Å². The average molecular weight is 278 g/mol. The Hall–Kier alpha value is -2.01. The van der Waals surface area contributed by atoms with E-state index in [0.29, 0.717) is 12.3 Å². The lowest BCUT2D eigenvalue weighted by Crippen LogP contribution is -2.14. The fourth-order valence-electron chi connectivity index (χ4n) is 1.71. The molecule has 5 heteroatoms. The molecule has 0 bridgehead atoms. The zero-order valence-electron chi connectivity index (χ0n) is 11.2. The normalized spacial score (nSPS) is 10.6. The number of hydrogen-bond acceptors (Lipinski definition) is 3. The Balaban J connectivity index is 2.13. The maximum absolute atomic E-state index is 13.2. The summed E-state index contributed by atoms with van der Waals surface area (Å²) in [5.74, 6) is -0.986. The topological polar surface area (TPSA) is 34.2 Å². The fraction of sp³-hybridized carbons (Fsp3) is 0.267. The highest BCUT2D eigenvalue weighted by atomic mass is 19.2. The van der Waals surface area contributed by atoms with Gasteiger partial charge in [-0.1, -0.05) is 6.92 Å². The maximum atomic E-state index is 13.2. The Kier molecular flexibility index (Phi) is 5.01. The monoisotopic (exact) mass is 278 g/mol.